The molecule has 0 fully saturated rings. The molecule has 0 radical (unpaired) electrons. The normalized spacial score (nSPS) is 12.4. The highest BCUT2D eigenvalue weighted by atomic mass is 16.5. The first kappa shape index (κ1) is 11.7. The second kappa shape index (κ2) is 5.52. The lowest BCUT2D eigenvalue weighted by Gasteiger charge is -2.18. The van der Waals surface area contributed by atoms with Crippen LogP contribution in [0.4, 0.5) is 0 Å². The maximum atomic E-state index is 5.61. The predicted octanol–water partition coefficient (Wildman–Crippen LogP) is 2.04. The van der Waals surface area contributed by atoms with Gasteiger partial charge in [0.2, 0.25) is 0 Å². The molecule has 4 heteroatoms. The van der Waals surface area contributed by atoms with Gasteiger partial charge in [0.25, 0.3) is 0 Å². The Morgan fingerprint density at radius 2 is 2.18 bits per heavy atom. The van der Waals surface area contributed by atoms with Gasteiger partial charge in [-0.1, -0.05) is 18.2 Å². The van der Waals surface area contributed by atoms with Crippen LogP contribution in [-0.2, 0) is 6.42 Å². The number of para-hydroxylation sites is 1. The average Bonchev–Trinajstić information content (AvgIpc) is 2.89. The van der Waals surface area contributed by atoms with E-state index in [0.29, 0.717) is 0 Å². The summed E-state index contributed by atoms with van der Waals surface area (Å²) < 4.78 is 10.4. The molecule has 1 heterocycles. The monoisotopic (exact) mass is 232 g/mol. The number of nitrogens with two attached hydrogens (primary N) is 1. The Balaban J connectivity index is 2.22. The Morgan fingerprint density at radius 3 is 2.82 bits per heavy atom. The Kier molecular flexibility index (Phi) is 3.80. The third-order valence-corrected chi connectivity index (χ3v) is 2.74. The summed E-state index contributed by atoms with van der Waals surface area (Å²) in [6.07, 6.45) is 4.14. The van der Waals surface area contributed by atoms with Crippen LogP contribution in [0.2, 0.25) is 0 Å². The zero-order valence-corrected chi connectivity index (χ0v) is 9.72. The summed E-state index contributed by atoms with van der Waals surface area (Å²) in [6.45, 7) is 0. The number of hydrogen-bond acceptors (Lipinski definition) is 4. The van der Waals surface area contributed by atoms with E-state index in [1.54, 1.807) is 19.6 Å². The fourth-order valence-corrected chi connectivity index (χ4v) is 1.86. The van der Waals surface area contributed by atoms with Crippen LogP contribution in [0.5, 0.6) is 5.75 Å². The van der Waals surface area contributed by atoms with E-state index in [1.807, 2.05) is 30.3 Å². The van der Waals surface area contributed by atoms with Crippen LogP contribution >= 0.6 is 0 Å². The molecule has 2 aromatic rings. The lowest BCUT2D eigenvalue weighted by Crippen LogP contribution is -2.29. The molecule has 0 aliphatic heterocycles. The Hall–Kier alpha value is -1.78. The standard InChI is InChI=1S/C13H16N2O2/c1-16-13-5-3-2-4-11(13)12(15-14)8-10-6-7-17-9-10/h2-7,9,12,15H,8,14H2,1H3. The minimum absolute atomic E-state index is 0.00347. The largest absolute Gasteiger partial charge is 0.496 e. The average molecular weight is 232 g/mol. The summed E-state index contributed by atoms with van der Waals surface area (Å²) in [5.74, 6) is 6.44. The molecule has 90 valence electrons. The van der Waals surface area contributed by atoms with Crippen LogP contribution < -0.4 is 16.0 Å². The van der Waals surface area contributed by atoms with Crippen molar-refractivity contribution in [3.63, 3.8) is 0 Å². The molecule has 3 N–H and O–H groups in total. The molecule has 4 nitrogen and oxygen atoms in total. The van der Waals surface area contributed by atoms with E-state index < -0.39 is 0 Å². The highest BCUT2D eigenvalue weighted by Gasteiger charge is 2.15. The maximum absolute atomic E-state index is 5.61. The summed E-state index contributed by atoms with van der Waals surface area (Å²) in [6, 6.07) is 9.77. The quantitative estimate of drug-likeness (QED) is 0.611. The molecule has 1 aromatic heterocycles. The zero-order chi connectivity index (χ0) is 12.1. The van der Waals surface area contributed by atoms with Crippen molar-refractivity contribution < 1.29 is 9.15 Å². The van der Waals surface area contributed by atoms with Gasteiger partial charge in [-0.05, 0) is 24.1 Å². The van der Waals surface area contributed by atoms with Crippen molar-refractivity contribution in [2.24, 2.45) is 5.84 Å². The van der Waals surface area contributed by atoms with Crippen molar-refractivity contribution >= 4 is 0 Å². The van der Waals surface area contributed by atoms with Crippen LogP contribution in [0.1, 0.15) is 17.2 Å². The van der Waals surface area contributed by atoms with E-state index in [0.717, 1.165) is 23.3 Å². The third kappa shape index (κ3) is 2.67. The molecule has 1 unspecified atom stereocenters. The summed E-state index contributed by atoms with van der Waals surface area (Å²) >= 11 is 0. The van der Waals surface area contributed by atoms with Gasteiger partial charge < -0.3 is 9.15 Å². The maximum Gasteiger partial charge on any atom is 0.123 e. The van der Waals surface area contributed by atoms with Gasteiger partial charge >= 0.3 is 0 Å². The predicted molar refractivity (Wildman–Crippen MR) is 65.5 cm³/mol. The fourth-order valence-electron chi connectivity index (χ4n) is 1.86. The van der Waals surface area contributed by atoms with Crippen molar-refractivity contribution in [3.8, 4) is 5.75 Å². The number of benzene rings is 1. The molecule has 0 saturated carbocycles. The van der Waals surface area contributed by atoms with E-state index in [4.69, 9.17) is 15.0 Å². The van der Waals surface area contributed by atoms with Gasteiger partial charge in [0.1, 0.15) is 5.75 Å². The van der Waals surface area contributed by atoms with E-state index in [1.165, 1.54) is 0 Å². The number of hydrogen-bond donors (Lipinski definition) is 2. The minimum atomic E-state index is 0.00347. The first-order valence-electron chi connectivity index (χ1n) is 5.45. The van der Waals surface area contributed by atoms with Crippen LogP contribution in [-0.4, -0.2) is 7.11 Å². The van der Waals surface area contributed by atoms with Gasteiger partial charge in [-0.25, -0.2) is 0 Å². The lowest BCUT2D eigenvalue weighted by molar-refractivity contribution is 0.399. The molecular formula is C13H16N2O2. The molecular weight excluding hydrogens is 216 g/mol. The first-order chi connectivity index (χ1) is 8.35. The van der Waals surface area contributed by atoms with E-state index in [2.05, 4.69) is 5.43 Å². The number of hydrazine groups is 1. The van der Waals surface area contributed by atoms with E-state index >= 15 is 0 Å². The molecule has 0 saturated heterocycles. The van der Waals surface area contributed by atoms with Crippen LogP contribution in [0.25, 0.3) is 0 Å². The van der Waals surface area contributed by atoms with Crippen LogP contribution in [0, 0.1) is 0 Å². The highest BCUT2D eigenvalue weighted by molar-refractivity contribution is 5.36. The molecule has 0 amide bonds. The van der Waals surface area contributed by atoms with Crippen molar-refractivity contribution in [2.45, 2.75) is 12.5 Å². The molecule has 0 bridgehead atoms. The van der Waals surface area contributed by atoms with Crippen molar-refractivity contribution in [3.05, 3.63) is 54.0 Å². The number of methoxy groups -OCH3 is 1. The van der Waals surface area contributed by atoms with Crippen LogP contribution in [0.15, 0.2) is 47.3 Å². The number of rotatable bonds is 5. The first-order valence-corrected chi connectivity index (χ1v) is 5.45. The summed E-state index contributed by atoms with van der Waals surface area (Å²) in [7, 11) is 1.66. The lowest BCUT2D eigenvalue weighted by atomic mass is 10.0. The summed E-state index contributed by atoms with van der Waals surface area (Å²) in [5, 5.41) is 0. The minimum Gasteiger partial charge on any atom is -0.496 e. The molecule has 0 aliphatic carbocycles. The van der Waals surface area contributed by atoms with Gasteiger partial charge in [-0.2, -0.15) is 0 Å². The highest BCUT2D eigenvalue weighted by Crippen LogP contribution is 2.26. The summed E-state index contributed by atoms with van der Waals surface area (Å²) in [4.78, 5) is 0. The zero-order valence-electron chi connectivity index (χ0n) is 9.72. The molecule has 2 rings (SSSR count). The Bertz CT molecular complexity index is 454. The van der Waals surface area contributed by atoms with Gasteiger partial charge in [-0.3, -0.25) is 11.3 Å². The molecule has 0 aliphatic rings. The van der Waals surface area contributed by atoms with Crippen molar-refractivity contribution in [1.29, 1.82) is 0 Å². The Labute approximate surface area is 100 Å². The number of ether oxygens (including phenoxy) is 1. The van der Waals surface area contributed by atoms with E-state index in [9.17, 15) is 0 Å². The second-order valence-corrected chi connectivity index (χ2v) is 3.80. The third-order valence-electron chi connectivity index (χ3n) is 2.74. The molecule has 17 heavy (non-hydrogen) atoms. The van der Waals surface area contributed by atoms with Gasteiger partial charge in [-0.15, -0.1) is 0 Å². The van der Waals surface area contributed by atoms with E-state index in [-0.39, 0.29) is 6.04 Å². The number of nitrogens with one attached hydrogen (secondary N) is 1. The Morgan fingerprint density at radius 1 is 1.35 bits per heavy atom. The van der Waals surface area contributed by atoms with Crippen molar-refractivity contribution in [2.75, 3.05) is 7.11 Å². The SMILES string of the molecule is COc1ccccc1C(Cc1ccoc1)NN. The molecule has 0 spiro atoms. The smallest absolute Gasteiger partial charge is 0.123 e. The fraction of sp³-hybridized carbons (Fsp3) is 0.231. The molecule has 1 atom stereocenters. The number of furan rings is 1. The topological polar surface area (TPSA) is 60.4 Å². The van der Waals surface area contributed by atoms with Gasteiger partial charge in [0, 0.05) is 5.56 Å². The van der Waals surface area contributed by atoms with Gasteiger partial charge in [0.05, 0.1) is 25.7 Å². The van der Waals surface area contributed by atoms with Crippen LogP contribution in [0.3, 0.4) is 0 Å². The summed E-state index contributed by atoms with van der Waals surface area (Å²) in [5.41, 5.74) is 4.95. The van der Waals surface area contributed by atoms with Gasteiger partial charge in [0.15, 0.2) is 0 Å². The van der Waals surface area contributed by atoms with Crippen molar-refractivity contribution in [1.82, 2.24) is 5.43 Å². The second-order valence-electron chi connectivity index (χ2n) is 3.80. The molecule has 1 aromatic carbocycles.